The summed E-state index contributed by atoms with van der Waals surface area (Å²) >= 11 is 0. The van der Waals surface area contributed by atoms with E-state index in [4.69, 9.17) is 9.47 Å². The predicted octanol–water partition coefficient (Wildman–Crippen LogP) is 3.11. The van der Waals surface area contributed by atoms with Gasteiger partial charge in [0, 0.05) is 56.9 Å². The van der Waals surface area contributed by atoms with E-state index in [0.29, 0.717) is 68.7 Å². The fourth-order valence-electron chi connectivity index (χ4n) is 6.84. The van der Waals surface area contributed by atoms with Crippen LogP contribution in [0, 0.1) is 17.6 Å². The Kier molecular flexibility index (Phi) is 10.6. The monoisotopic (exact) mass is 634 g/mol. The van der Waals surface area contributed by atoms with E-state index in [0.717, 1.165) is 12.6 Å². The average molecular weight is 635 g/mol. The molecule has 3 fully saturated rings. The molecule has 10 nitrogen and oxygen atoms in total. The Balaban J connectivity index is 1.40. The van der Waals surface area contributed by atoms with Crippen LogP contribution in [0.5, 0.6) is 0 Å². The number of halogens is 2. The lowest BCUT2D eigenvalue weighted by molar-refractivity contribution is -0.121. The van der Waals surface area contributed by atoms with Crippen LogP contribution in [-0.4, -0.2) is 86.9 Å². The lowest BCUT2D eigenvalue weighted by atomic mass is 9.74. The smallest absolute Gasteiger partial charge is 0.407 e. The molecule has 3 aliphatic rings. The third-order valence-corrected chi connectivity index (χ3v) is 11.1. The number of amides is 1. The summed E-state index contributed by atoms with van der Waals surface area (Å²) in [5.74, 6) is -1.83. The number of nitrogens with one attached hydrogen (secondary N) is 2. The lowest BCUT2D eigenvalue weighted by Crippen LogP contribution is -2.57. The van der Waals surface area contributed by atoms with Gasteiger partial charge in [0.25, 0.3) is 0 Å². The topological polar surface area (TPSA) is 127 Å². The molecule has 1 aromatic heterocycles. The number of Topliss-reactive ketones (excluding diaryl/α,β-unsaturated/α-hetero) is 1. The number of alkyl carbamates (subject to hydrolysis) is 1. The number of methoxy groups -OCH3 is 1. The number of rotatable bonds is 10. The zero-order valence-electron chi connectivity index (χ0n) is 24.8. The number of ether oxygens (including phenoxy) is 2. The molecule has 13 heteroatoms. The van der Waals surface area contributed by atoms with E-state index in [2.05, 4.69) is 15.6 Å². The van der Waals surface area contributed by atoms with Gasteiger partial charge in [-0.1, -0.05) is 12.1 Å². The maximum absolute atomic E-state index is 15.3. The first-order valence-corrected chi connectivity index (χ1v) is 16.8. The number of aromatic nitrogens is 1. The second-order valence-corrected chi connectivity index (χ2v) is 13.9. The van der Waals surface area contributed by atoms with Gasteiger partial charge in [0.05, 0.1) is 25.1 Å². The van der Waals surface area contributed by atoms with Gasteiger partial charge in [-0.15, -0.1) is 0 Å². The Labute approximate surface area is 256 Å². The number of carbonyl (C=O) groups excluding carboxylic acids is 2. The number of fused-ring (bicyclic) bond motifs is 2. The molecule has 0 aliphatic carbocycles. The maximum atomic E-state index is 15.3. The summed E-state index contributed by atoms with van der Waals surface area (Å²) in [6.45, 7) is 1.85. The number of nitrogens with zero attached hydrogens (tertiary/aromatic N) is 2. The van der Waals surface area contributed by atoms with E-state index in [1.54, 1.807) is 16.4 Å². The molecule has 3 saturated heterocycles. The van der Waals surface area contributed by atoms with Gasteiger partial charge in [-0.25, -0.2) is 22.0 Å². The van der Waals surface area contributed by atoms with Crippen molar-refractivity contribution in [2.24, 2.45) is 5.92 Å². The first-order chi connectivity index (χ1) is 21.2. The zero-order valence-corrected chi connectivity index (χ0v) is 25.7. The fraction of sp³-hybridized carbons (Fsp3) is 0.581. The van der Waals surface area contributed by atoms with E-state index < -0.39 is 39.7 Å². The molecular formula is C31H40F2N4O6S. The molecule has 240 valence electrons. The summed E-state index contributed by atoms with van der Waals surface area (Å²) in [5, 5.41) is 6.14. The highest BCUT2D eigenvalue weighted by Gasteiger charge is 2.39. The molecule has 0 spiro atoms. The second-order valence-electron chi connectivity index (χ2n) is 11.9. The number of pyridine rings is 1. The van der Waals surface area contributed by atoms with Crippen LogP contribution in [0.3, 0.4) is 0 Å². The summed E-state index contributed by atoms with van der Waals surface area (Å²) in [5.41, 5.74) is 1.35. The van der Waals surface area contributed by atoms with Gasteiger partial charge in [0.15, 0.2) is 5.78 Å². The van der Waals surface area contributed by atoms with Crippen molar-refractivity contribution < 1.29 is 36.3 Å². The van der Waals surface area contributed by atoms with Crippen LogP contribution in [0.15, 0.2) is 36.7 Å². The molecule has 5 atom stereocenters. The van der Waals surface area contributed by atoms with Gasteiger partial charge in [-0.3, -0.25) is 9.78 Å². The minimum atomic E-state index is -3.41. The highest BCUT2D eigenvalue weighted by atomic mass is 32.2. The van der Waals surface area contributed by atoms with Crippen LogP contribution in [0.1, 0.15) is 54.7 Å². The summed E-state index contributed by atoms with van der Waals surface area (Å²) in [4.78, 5) is 30.6. The molecule has 3 aliphatic heterocycles. The van der Waals surface area contributed by atoms with Gasteiger partial charge < -0.3 is 20.1 Å². The van der Waals surface area contributed by atoms with E-state index in [1.807, 2.05) is 0 Å². The first kappa shape index (κ1) is 32.4. The van der Waals surface area contributed by atoms with Crippen molar-refractivity contribution in [1.82, 2.24) is 19.9 Å². The number of hydrogen-bond acceptors (Lipinski definition) is 8. The van der Waals surface area contributed by atoms with Crippen molar-refractivity contribution in [3.05, 3.63) is 65.0 Å². The molecule has 5 rings (SSSR count). The summed E-state index contributed by atoms with van der Waals surface area (Å²) in [6, 6.07) is 4.60. The van der Waals surface area contributed by atoms with Gasteiger partial charge >= 0.3 is 6.09 Å². The molecule has 1 amide bonds. The van der Waals surface area contributed by atoms with Crippen LogP contribution in [0.4, 0.5) is 13.6 Å². The molecule has 1 unspecified atom stereocenters. The van der Waals surface area contributed by atoms with Crippen molar-refractivity contribution in [1.29, 1.82) is 0 Å². The number of hydrogen-bond donors (Lipinski definition) is 2. The predicted molar refractivity (Wildman–Crippen MR) is 159 cm³/mol. The molecule has 1 aromatic carbocycles. The Hall–Kier alpha value is -3.00. The molecule has 0 saturated carbocycles. The second kappa shape index (κ2) is 14.4. The number of carbonyl (C=O) groups is 2. The Morgan fingerprint density at radius 3 is 2.64 bits per heavy atom. The third-order valence-electron chi connectivity index (χ3n) is 9.14. The standard InChI is InChI=1S/C31H40F2N4O6S/c1-42-31(39)36-30(29(21-10-12-43-13-11-21)20-4-6-23(32)7-5-20)28(38)15-22-16-34-18-27(33)26(22)9-8-25-17-35-24-3-2-14-44(40,41)37(25)19-24/h4-7,16,18,21,24-25,29-30,35H,2-3,8-15,17,19H2,1H3,(H,36,39)/t24-,25+,29+,30-/m1/s1. The first-order valence-electron chi connectivity index (χ1n) is 15.2. The van der Waals surface area contributed by atoms with Crippen LogP contribution >= 0.6 is 0 Å². The summed E-state index contributed by atoms with van der Waals surface area (Å²) < 4.78 is 67.0. The maximum Gasteiger partial charge on any atom is 0.407 e. The van der Waals surface area contributed by atoms with Crippen LogP contribution in [-0.2, 0) is 37.1 Å². The molecule has 2 aromatic rings. The molecule has 0 radical (unpaired) electrons. The summed E-state index contributed by atoms with van der Waals surface area (Å²) in [6.07, 6.45) is 4.77. The Bertz CT molecular complexity index is 1420. The number of piperazine rings is 1. The quantitative estimate of drug-likeness (QED) is 0.409. The largest absolute Gasteiger partial charge is 0.453 e. The van der Waals surface area contributed by atoms with Gasteiger partial charge in [0.2, 0.25) is 10.0 Å². The van der Waals surface area contributed by atoms with Crippen LogP contribution in [0.25, 0.3) is 0 Å². The van der Waals surface area contributed by atoms with Gasteiger partial charge in [-0.2, -0.15) is 4.31 Å². The molecular weight excluding hydrogens is 594 g/mol. The van der Waals surface area contributed by atoms with E-state index in [1.165, 1.54) is 25.4 Å². The van der Waals surface area contributed by atoms with Crippen LogP contribution in [0.2, 0.25) is 0 Å². The molecule has 44 heavy (non-hydrogen) atoms. The minimum absolute atomic E-state index is 0.0522. The van der Waals surface area contributed by atoms with E-state index >= 15 is 4.39 Å². The molecule has 2 bridgehead atoms. The van der Waals surface area contributed by atoms with Crippen LogP contribution < -0.4 is 10.6 Å². The Morgan fingerprint density at radius 1 is 1.16 bits per heavy atom. The normalized spacial score (nSPS) is 24.9. The number of benzene rings is 1. The lowest BCUT2D eigenvalue weighted by Gasteiger charge is -2.37. The minimum Gasteiger partial charge on any atom is -0.453 e. The third kappa shape index (κ3) is 7.61. The van der Waals surface area contributed by atoms with Gasteiger partial charge in [0.1, 0.15) is 11.6 Å². The highest BCUT2D eigenvalue weighted by Crippen LogP contribution is 2.36. The number of sulfonamides is 1. The SMILES string of the molecule is COC(=O)N[C@H](C(=O)Cc1cncc(F)c1CC[C@H]1CN[C@@H]2CCCS(=O)(=O)N1C2)[C@@H](c1ccc(F)cc1)C1CCOCC1. The van der Waals surface area contributed by atoms with E-state index in [9.17, 15) is 22.4 Å². The molecule has 2 N–H and O–H groups in total. The number of ketones is 1. The van der Waals surface area contributed by atoms with Gasteiger partial charge in [-0.05, 0) is 73.3 Å². The average Bonchev–Trinajstić information content (AvgIpc) is 3.13. The summed E-state index contributed by atoms with van der Waals surface area (Å²) in [7, 11) is -2.20. The molecule has 4 heterocycles. The van der Waals surface area contributed by atoms with Crippen molar-refractivity contribution >= 4 is 21.9 Å². The zero-order chi connectivity index (χ0) is 31.3. The van der Waals surface area contributed by atoms with E-state index in [-0.39, 0.29) is 42.4 Å². The van der Waals surface area contributed by atoms with Crippen molar-refractivity contribution in [3.63, 3.8) is 0 Å². The Morgan fingerprint density at radius 2 is 1.91 bits per heavy atom. The van der Waals surface area contributed by atoms with Crippen molar-refractivity contribution in [2.75, 3.05) is 39.2 Å². The van der Waals surface area contributed by atoms with Crippen molar-refractivity contribution in [3.8, 4) is 0 Å². The highest BCUT2D eigenvalue weighted by molar-refractivity contribution is 7.89. The fourth-order valence-corrected chi connectivity index (χ4v) is 8.65. The van der Waals surface area contributed by atoms with Crippen molar-refractivity contribution in [2.45, 2.75) is 69.0 Å².